The van der Waals surface area contributed by atoms with Gasteiger partial charge in [-0.15, -0.1) is 11.3 Å². The van der Waals surface area contributed by atoms with Crippen LogP contribution in [0.1, 0.15) is 35.7 Å². The van der Waals surface area contributed by atoms with Gasteiger partial charge in [0.1, 0.15) is 5.75 Å². The van der Waals surface area contributed by atoms with Crippen LogP contribution >= 0.6 is 11.3 Å². The number of aryl methyl sites for hydroxylation is 2. The van der Waals surface area contributed by atoms with E-state index in [1.54, 1.807) is 11.3 Å². The molecule has 0 amide bonds. The molecule has 1 aromatic heterocycles. The summed E-state index contributed by atoms with van der Waals surface area (Å²) in [6.45, 7) is 11.1. The van der Waals surface area contributed by atoms with Crippen LogP contribution in [0.15, 0.2) is 28.6 Å². The number of nitrogens with one attached hydrogen (secondary N) is 2. The van der Waals surface area contributed by atoms with Gasteiger partial charge in [0.15, 0.2) is 5.96 Å². The monoisotopic (exact) mass is 360 g/mol. The molecule has 1 heterocycles. The number of rotatable bonds is 8. The fourth-order valence-corrected chi connectivity index (χ4v) is 3.12. The summed E-state index contributed by atoms with van der Waals surface area (Å²) in [7, 11) is 0. The third-order valence-electron chi connectivity index (χ3n) is 3.64. The molecule has 2 rings (SSSR count). The summed E-state index contributed by atoms with van der Waals surface area (Å²) in [5.41, 5.74) is 3.45. The molecule has 5 nitrogen and oxygen atoms in total. The molecule has 2 aromatic rings. The van der Waals surface area contributed by atoms with Gasteiger partial charge in [0.25, 0.3) is 0 Å². The molecule has 25 heavy (non-hydrogen) atoms. The average molecular weight is 361 g/mol. The molecule has 0 aliphatic rings. The van der Waals surface area contributed by atoms with Gasteiger partial charge >= 0.3 is 0 Å². The molecule has 0 aliphatic carbocycles. The lowest BCUT2D eigenvalue weighted by atomic mass is 10.1. The van der Waals surface area contributed by atoms with Crippen molar-refractivity contribution in [2.24, 2.45) is 4.99 Å². The summed E-state index contributed by atoms with van der Waals surface area (Å²) < 4.78 is 5.59. The predicted octanol–water partition coefficient (Wildman–Crippen LogP) is 3.46. The zero-order chi connectivity index (χ0) is 18.1. The largest absolute Gasteiger partial charge is 0.494 e. The normalized spacial score (nSPS) is 11.4. The first-order valence-electron chi connectivity index (χ1n) is 8.77. The molecule has 0 radical (unpaired) electrons. The topological polar surface area (TPSA) is 58.5 Å². The molecule has 6 heteroatoms. The fourth-order valence-electron chi connectivity index (χ4n) is 2.47. The van der Waals surface area contributed by atoms with Gasteiger partial charge in [-0.25, -0.2) is 9.98 Å². The number of aromatic nitrogens is 1. The van der Waals surface area contributed by atoms with Crippen LogP contribution in [0.25, 0.3) is 0 Å². The average Bonchev–Trinajstić information content (AvgIpc) is 3.00. The minimum absolute atomic E-state index is 0.637. The zero-order valence-corrected chi connectivity index (χ0v) is 16.4. The maximum absolute atomic E-state index is 5.59. The lowest BCUT2D eigenvalue weighted by Crippen LogP contribution is -2.38. The molecule has 0 fully saturated rings. The van der Waals surface area contributed by atoms with Gasteiger partial charge in [-0.1, -0.05) is 12.1 Å². The number of aliphatic imine (C=N–C) groups is 1. The quantitative estimate of drug-likeness (QED) is 0.559. The van der Waals surface area contributed by atoms with Gasteiger partial charge < -0.3 is 15.4 Å². The predicted molar refractivity (Wildman–Crippen MR) is 106 cm³/mol. The van der Waals surface area contributed by atoms with Gasteiger partial charge in [0.05, 0.1) is 23.9 Å². The van der Waals surface area contributed by atoms with Crippen molar-refractivity contribution in [3.63, 3.8) is 0 Å². The van der Waals surface area contributed by atoms with Crippen molar-refractivity contribution in [2.45, 2.75) is 40.7 Å². The highest BCUT2D eigenvalue weighted by molar-refractivity contribution is 7.09. The Kier molecular flexibility index (Phi) is 7.73. The first-order valence-corrected chi connectivity index (χ1v) is 9.65. The van der Waals surface area contributed by atoms with Crippen LogP contribution in [-0.4, -0.2) is 30.6 Å². The molecule has 0 saturated carbocycles. The molecule has 0 unspecified atom stereocenters. The van der Waals surface area contributed by atoms with E-state index in [9.17, 15) is 0 Å². The second kappa shape index (κ2) is 10.0. The van der Waals surface area contributed by atoms with Crippen molar-refractivity contribution in [1.82, 2.24) is 15.6 Å². The van der Waals surface area contributed by atoms with E-state index in [-0.39, 0.29) is 0 Å². The smallest absolute Gasteiger partial charge is 0.191 e. The number of thiazole rings is 1. The highest BCUT2D eigenvalue weighted by Crippen LogP contribution is 2.19. The van der Waals surface area contributed by atoms with Gasteiger partial charge in [-0.05, 0) is 44.9 Å². The Labute approximate surface area is 154 Å². The van der Waals surface area contributed by atoms with Crippen LogP contribution in [0.2, 0.25) is 0 Å². The Morgan fingerprint density at radius 2 is 2.08 bits per heavy atom. The number of hydrogen-bond acceptors (Lipinski definition) is 4. The van der Waals surface area contributed by atoms with Crippen molar-refractivity contribution in [3.05, 3.63) is 45.4 Å². The van der Waals surface area contributed by atoms with E-state index in [1.165, 1.54) is 5.56 Å². The highest BCUT2D eigenvalue weighted by atomic mass is 32.1. The number of nitrogens with zero attached hydrogens (tertiary/aromatic N) is 2. The lowest BCUT2D eigenvalue weighted by molar-refractivity contribution is 0.338. The van der Waals surface area contributed by atoms with Crippen molar-refractivity contribution in [3.8, 4) is 5.75 Å². The van der Waals surface area contributed by atoms with Crippen LogP contribution in [0, 0.1) is 13.8 Å². The molecule has 136 valence electrons. The Morgan fingerprint density at radius 1 is 1.24 bits per heavy atom. The first kappa shape index (κ1) is 19.2. The maximum atomic E-state index is 5.59. The number of hydrogen-bond donors (Lipinski definition) is 2. The molecule has 0 spiro atoms. The third kappa shape index (κ3) is 6.38. The number of ether oxygens (including phenoxy) is 1. The molecular weight excluding hydrogens is 332 g/mol. The minimum atomic E-state index is 0.637. The van der Waals surface area contributed by atoms with E-state index in [0.29, 0.717) is 13.2 Å². The van der Waals surface area contributed by atoms with E-state index in [4.69, 9.17) is 4.74 Å². The molecule has 0 bridgehead atoms. The third-order valence-corrected chi connectivity index (χ3v) is 4.47. The molecule has 1 aromatic carbocycles. The van der Waals surface area contributed by atoms with Gasteiger partial charge in [0, 0.05) is 24.9 Å². The van der Waals surface area contributed by atoms with Crippen molar-refractivity contribution in [2.75, 3.05) is 19.7 Å². The van der Waals surface area contributed by atoms with E-state index < -0.39 is 0 Å². The second-order valence-corrected chi connectivity index (χ2v) is 6.82. The summed E-state index contributed by atoms with van der Waals surface area (Å²) in [6.07, 6.45) is 0.900. The van der Waals surface area contributed by atoms with Crippen LogP contribution in [0.3, 0.4) is 0 Å². The Bertz CT molecular complexity index is 696. The minimum Gasteiger partial charge on any atom is -0.494 e. The molecule has 2 N–H and O–H groups in total. The number of benzene rings is 1. The molecule has 0 atom stereocenters. The van der Waals surface area contributed by atoms with Crippen LogP contribution < -0.4 is 15.4 Å². The zero-order valence-electron chi connectivity index (χ0n) is 15.6. The van der Waals surface area contributed by atoms with Crippen LogP contribution in [-0.2, 0) is 13.0 Å². The Balaban J connectivity index is 1.90. The van der Waals surface area contributed by atoms with Crippen LogP contribution in [0.4, 0.5) is 0 Å². The molecule has 0 aliphatic heterocycles. The molecular formula is C19H28N4OS. The summed E-state index contributed by atoms with van der Waals surface area (Å²) in [5.74, 6) is 1.78. The van der Waals surface area contributed by atoms with Crippen molar-refractivity contribution >= 4 is 17.3 Å². The van der Waals surface area contributed by atoms with E-state index in [0.717, 1.165) is 47.5 Å². The summed E-state index contributed by atoms with van der Waals surface area (Å²) >= 11 is 1.69. The first-order chi connectivity index (χ1) is 12.1. The Hall–Kier alpha value is -2.08. The van der Waals surface area contributed by atoms with E-state index >= 15 is 0 Å². The highest BCUT2D eigenvalue weighted by Gasteiger charge is 2.03. The van der Waals surface area contributed by atoms with Gasteiger partial charge in [-0.2, -0.15) is 0 Å². The number of guanidine groups is 1. The maximum Gasteiger partial charge on any atom is 0.191 e. The second-order valence-electron chi connectivity index (χ2n) is 5.76. The van der Waals surface area contributed by atoms with Gasteiger partial charge in [-0.3, -0.25) is 0 Å². The van der Waals surface area contributed by atoms with Crippen molar-refractivity contribution in [1.29, 1.82) is 0 Å². The summed E-state index contributed by atoms with van der Waals surface area (Å²) in [5, 5.41) is 9.89. The van der Waals surface area contributed by atoms with Gasteiger partial charge in [0.2, 0.25) is 0 Å². The van der Waals surface area contributed by atoms with Crippen LogP contribution in [0.5, 0.6) is 5.75 Å². The van der Waals surface area contributed by atoms with E-state index in [1.807, 2.05) is 19.9 Å². The fraction of sp³-hybridized carbons (Fsp3) is 0.474. The van der Waals surface area contributed by atoms with E-state index in [2.05, 4.69) is 52.0 Å². The lowest BCUT2D eigenvalue weighted by Gasteiger charge is -2.11. The Morgan fingerprint density at radius 3 is 2.72 bits per heavy atom. The van der Waals surface area contributed by atoms with Crippen molar-refractivity contribution < 1.29 is 4.74 Å². The molecule has 0 saturated heterocycles. The summed E-state index contributed by atoms with van der Waals surface area (Å²) in [6, 6.07) is 6.23. The summed E-state index contributed by atoms with van der Waals surface area (Å²) in [4.78, 5) is 9.16. The SMILES string of the molecule is CCNC(=NCc1ccc(OCC)c(C)c1)NCCc1csc(C)n1. The standard InChI is InChI=1S/C19H28N4OS/c1-5-20-19(21-10-9-17-13-25-15(4)23-17)22-12-16-7-8-18(24-6-2)14(3)11-16/h7-8,11,13H,5-6,9-10,12H2,1-4H3,(H2,20,21,22).